The molecule has 3 nitrogen and oxygen atoms in total. The van der Waals surface area contributed by atoms with Crippen LogP contribution < -0.4 is 5.73 Å². The maximum absolute atomic E-state index is 12.8. The maximum atomic E-state index is 12.8. The predicted molar refractivity (Wildman–Crippen MR) is 63.2 cm³/mol. The van der Waals surface area contributed by atoms with E-state index in [1.807, 2.05) is 13.8 Å². The number of rotatable bonds is 2. The van der Waals surface area contributed by atoms with Gasteiger partial charge in [-0.1, -0.05) is 13.8 Å². The minimum atomic E-state index is -0.493. The van der Waals surface area contributed by atoms with Gasteiger partial charge in [0.2, 0.25) is 0 Å². The van der Waals surface area contributed by atoms with E-state index in [1.165, 1.54) is 31.4 Å². The second kappa shape index (κ2) is 7.45. The molecule has 1 aromatic carbocycles. The van der Waals surface area contributed by atoms with Gasteiger partial charge in [-0.2, -0.15) is 0 Å². The molecule has 1 rings (SSSR count). The molecule has 0 saturated carbocycles. The number of halogens is 1. The second-order valence-corrected chi connectivity index (χ2v) is 2.67. The molecule has 0 bridgehead atoms. The molecule has 0 aliphatic carbocycles. The van der Waals surface area contributed by atoms with Crippen molar-refractivity contribution in [3.8, 4) is 0 Å². The molecule has 0 heterocycles. The van der Waals surface area contributed by atoms with Gasteiger partial charge in [-0.15, -0.1) is 0 Å². The number of nitrogens with two attached hydrogens (primary N) is 1. The number of nitrogen functional groups attached to an aromatic ring is 1. The van der Waals surface area contributed by atoms with Gasteiger partial charge < -0.3 is 10.5 Å². The smallest absolute Gasteiger partial charge is 0.330 e. The lowest BCUT2D eigenvalue weighted by Crippen LogP contribution is -1.93. The first-order valence-electron chi connectivity index (χ1n) is 4.94. The third-order valence-corrected chi connectivity index (χ3v) is 1.56. The Bertz CT molecular complexity index is 355. The van der Waals surface area contributed by atoms with Gasteiger partial charge in [0.1, 0.15) is 5.82 Å². The Labute approximate surface area is 94.7 Å². The average molecular weight is 225 g/mol. The van der Waals surface area contributed by atoms with Crippen LogP contribution in [-0.4, -0.2) is 13.1 Å². The lowest BCUT2D eigenvalue weighted by Gasteiger charge is -1.97. The Morgan fingerprint density at radius 3 is 2.50 bits per heavy atom. The minimum absolute atomic E-state index is 0.314. The number of carbonyl (C=O) groups excluding carboxylic acids is 1. The van der Waals surface area contributed by atoms with Crippen LogP contribution in [0.5, 0.6) is 0 Å². The molecule has 16 heavy (non-hydrogen) atoms. The first-order chi connectivity index (χ1) is 7.61. The molecule has 0 saturated heterocycles. The fraction of sp³-hybridized carbons (Fsp3) is 0.250. The number of hydrogen-bond acceptors (Lipinski definition) is 3. The summed E-state index contributed by atoms with van der Waals surface area (Å²) in [5.41, 5.74) is 6.24. The number of anilines is 1. The fourth-order valence-corrected chi connectivity index (χ4v) is 0.964. The predicted octanol–water partition coefficient (Wildman–Crippen LogP) is 2.62. The van der Waals surface area contributed by atoms with Gasteiger partial charge in [-0.25, -0.2) is 9.18 Å². The summed E-state index contributed by atoms with van der Waals surface area (Å²) in [4.78, 5) is 10.7. The summed E-state index contributed by atoms with van der Waals surface area (Å²) in [6, 6.07) is 4.04. The van der Waals surface area contributed by atoms with Crippen molar-refractivity contribution in [2.45, 2.75) is 13.8 Å². The molecule has 88 valence electrons. The van der Waals surface area contributed by atoms with Crippen molar-refractivity contribution in [2.24, 2.45) is 0 Å². The molecule has 0 aliphatic rings. The van der Waals surface area contributed by atoms with Crippen molar-refractivity contribution >= 4 is 17.7 Å². The topological polar surface area (TPSA) is 52.3 Å². The largest absolute Gasteiger partial charge is 0.466 e. The summed E-state index contributed by atoms with van der Waals surface area (Å²) in [5.74, 6) is -0.928. The number of ether oxygens (including phenoxy) is 1. The number of carbonyl (C=O) groups is 1. The zero-order chi connectivity index (χ0) is 12.6. The standard InChI is InChI=1S/C10H10FNO2.C2H6/c1-14-10(13)3-2-7-4-8(11)6-9(12)5-7;1-2/h2-6H,12H2,1H3;1-2H3/b3-2+;. The van der Waals surface area contributed by atoms with E-state index in [9.17, 15) is 9.18 Å². The number of esters is 1. The molecule has 1 aromatic rings. The average Bonchev–Trinajstić information content (AvgIpc) is 2.27. The van der Waals surface area contributed by atoms with Crippen LogP contribution in [0.25, 0.3) is 6.08 Å². The van der Waals surface area contributed by atoms with E-state index in [-0.39, 0.29) is 0 Å². The van der Waals surface area contributed by atoms with Crippen LogP contribution in [0, 0.1) is 5.82 Å². The monoisotopic (exact) mass is 225 g/mol. The van der Waals surface area contributed by atoms with Crippen LogP contribution in [0.4, 0.5) is 10.1 Å². The van der Waals surface area contributed by atoms with Crippen LogP contribution in [-0.2, 0) is 9.53 Å². The van der Waals surface area contributed by atoms with Crippen LogP contribution >= 0.6 is 0 Å². The Hall–Kier alpha value is -1.84. The molecule has 2 N–H and O–H groups in total. The van der Waals surface area contributed by atoms with Gasteiger partial charge in [-0.3, -0.25) is 0 Å². The van der Waals surface area contributed by atoms with Crippen molar-refractivity contribution in [3.63, 3.8) is 0 Å². The Balaban J connectivity index is 0.00000106. The molecule has 0 aromatic heterocycles. The van der Waals surface area contributed by atoms with E-state index < -0.39 is 11.8 Å². The summed E-state index contributed by atoms with van der Waals surface area (Å²) in [6.45, 7) is 4.00. The van der Waals surface area contributed by atoms with Crippen LogP contribution in [0.1, 0.15) is 19.4 Å². The molecular formula is C12H16FNO2. The molecular weight excluding hydrogens is 209 g/mol. The Morgan fingerprint density at radius 1 is 1.38 bits per heavy atom. The second-order valence-electron chi connectivity index (χ2n) is 2.67. The zero-order valence-electron chi connectivity index (χ0n) is 9.66. The molecule has 0 spiro atoms. The zero-order valence-corrected chi connectivity index (χ0v) is 9.66. The van der Waals surface area contributed by atoms with Crippen molar-refractivity contribution in [2.75, 3.05) is 12.8 Å². The van der Waals surface area contributed by atoms with E-state index in [0.29, 0.717) is 11.3 Å². The minimum Gasteiger partial charge on any atom is -0.466 e. The van der Waals surface area contributed by atoms with Gasteiger partial charge in [0.05, 0.1) is 7.11 Å². The van der Waals surface area contributed by atoms with E-state index in [0.717, 1.165) is 0 Å². The summed E-state index contributed by atoms with van der Waals surface area (Å²) in [7, 11) is 1.27. The van der Waals surface area contributed by atoms with E-state index in [1.54, 1.807) is 6.07 Å². The highest BCUT2D eigenvalue weighted by Crippen LogP contribution is 2.11. The quantitative estimate of drug-likeness (QED) is 0.478. The lowest BCUT2D eigenvalue weighted by molar-refractivity contribution is -0.134. The fourth-order valence-electron chi connectivity index (χ4n) is 0.964. The van der Waals surface area contributed by atoms with Crippen LogP contribution in [0.15, 0.2) is 24.3 Å². The molecule has 0 aliphatic heterocycles. The molecule has 0 atom stereocenters. The van der Waals surface area contributed by atoms with Gasteiger partial charge in [0.15, 0.2) is 0 Å². The lowest BCUT2D eigenvalue weighted by atomic mass is 10.2. The van der Waals surface area contributed by atoms with Crippen molar-refractivity contribution in [1.29, 1.82) is 0 Å². The first kappa shape index (κ1) is 14.2. The summed E-state index contributed by atoms with van der Waals surface area (Å²) < 4.78 is 17.2. The van der Waals surface area contributed by atoms with Gasteiger partial charge in [0.25, 0.3) is 0 Å². The third kappa shape index (κ3) is 5.14. The van der Waals surface area contributed by atoms with Crippen molar-refractivity contribution in [3.05, 3.63) is 35.7 Å². The number of hydrogen-bond donors (Lipinski definition) is 1. The highest BCUT2D eigenvalue weighted by atomic mass is 19.1. The normalized spacial score (nSPS) is 9.50. The van der Waals surface area contributed by atoms with Crippen LogP contribution in [0.3, 0.4) is 0 Å². The number of methoxy groups -OCH3 is 1. The summed E-state index contributed by atoms with van der Waals surface area (Å²) >= 11 is 0. The van der Waals surface area contributed by atoms with E-state index >= 15 is 0 Å². The SMILES string of the molecule is CC.COC(=O)/C=C/c1cc(N)cc(F)c1. The summed E-state index contributed by atoms with van der Waals surface area (Å²) in [6.07, 6.45) is 2.64. The van der Waals surface area contributed by atoms with E-state index in [2.05, 4.69) is 4.74 Å². The van der Waals surface area contributed by atoms with Gasteiger partial charge in [-0.05, 0) is 29.8 Å². The molecule has 0 amide bonds. The number of benzene rings is 1. The highest BCUT2D eigenvalue weighted by molar-refractivity contribution is 5.87. The molecule has 0 radical (unpaired) electrons. The maximum Gasteiger partial charge on any atom is 0.330 e. The van der Waals surface area contributed by atoms with Crippen molar-refractivity contribution < 1.29 is 13.9 Å². The molecule has 0 unspecified atom stereocenters. The van der Waals surface area contributed by atoms with Crippen LogP contribution in [0.2, 0.25) is 0 Å². The Kier molecular flexibility index (Phi) is 6.59. The third-order valence-electron chi connectivity index (χ3n) is 1.56. The van der Waals surface area contributed by atoms with Gasteiger partial charge in [0, 0.05) is 11.8 Å². The summed E-state index contributed by atoms with van der Waals surface area (Å²) in [5, 5.41) is 0. The van der Waals surface area contributed by atoms with E-state index in [4.69, 9.17) is 5.73 Å². The van der Waals surface area contributed by atoms with Gasteiger partial charge >= 0.3 is 5.97 Å². The first-order valence-corrected chi connectivity index (χ1v) is 4.94. The molecule has 0 fully saturated rings. The molecule has 4 heteroatoms. The Morgan fingerprint density at radius 2 is 2.00 bits per heavy atom. The highest BCUT2D eigenvalue weighted by Gasteiger charge is 1.96. The van der Waals surface area contributed by atoms with Crippen molar-refractivity contribution in [1.82, 2.24) is 0 Å².